The van der Waals surface area contributed by atoms with Crippen molar-refractivity contribution in [3.05, 3.63) is 54.7 Å². The summed E-state index contributed by atoms with van der Waals surface area (Å²) < 4.78 is 5.77. The van der Waals surface area contributed by atoms with Gasteiger partial charge in [0.05, 0.1) is 13.1 Å². The number of carbonyl (C=O) groups is 1. The Kier molecular flexibility index (Phi) is 11.8. The normalized spacial score (nSPS) is 13.8. The van der Waals surface area contributed by atoms with Gasteiger partial charge in [-0.15, -0.1) is 24.0 Å². The number of piperazine rings is 1. The lowest BCUT2D eigenvalue weighted by atomic mass is 10.2. The van der Waals surface area contributed by atoms with Crippen LogP contribution in [0.4, 0.5) is 5.82 Å². The molecule has 1 saturated heterocycles. The van der Waals surface area contributed by atoms with Crippen molar-refractivity contribution < 1.29 is 9.53 Å². The zero-order valence-electron chi connectivity index (χ0n) is 19.5. The monoisotopic (exact) mass is 566 g/mol. The van der Waals surface area contributed by atoms with E-state index in [0.29, 0.717) is 26.1 Å². The molecule has 8 nitrogen and oxygen atoms in total. The van der Waals surface area contributed by atoms with E-state index in [2.05, 4.69) is 20.2 Å². The van der Waals surface area contributed by atoms with Crippen molar-refractivity contribution in [2.24, 2.45) is 4.99 Å². The molecule has 1 amide bonds. The number of nitrogens with one attached hydrogen (secondary N) is 1. The molecule has 2 heterocycles. The molecule has 1 N–H and O–H groups in total. The van der Waals surface area contributed by atoms with Crippen LogP contribution in [0, 0.1) is 0 Å². The topological polar surface area (TPSA) is 73.3 Å². The highest BCUT2D eigenvalue weighted by atomic mass is 127. The van der Waals surface area contributed by atoms with Crippen LogP contribution in [-0.2, 0) is 4.79 Å². The van der Waals surface area contributed by atoms with Crippen molar-refractivity contribution >= 4 is 41.7 Å². The molecule has 1 aliphatic heterocycles. The Hall–Kier alpha value is -2.56. The first kappa shape index (κ1) is 26.7. The number of para-hydroxylation sites is 1. The van der Waals surface area contributed by atoms with E-state index in [1.807, 2.05) is 72.3 Å². The molecule has 1 fully saturated rings. The average molecular weight is 566 g/mol. The summed E-state index contributed by atoms with van der Waals surface area (Å²) in [6.45, 7) is 7.58. The van der Waals surface area contributed by atoms with Crippen molar-refractivity contribution in [1.82, 2.24) is 20.1 Å². The van der Waals surface area contributed by atoms with Gasteiger partial charge in [-0.2, -0.15) is 0 Å². The molecule has 0 aliphatic carbocycles. The van der Waals surface area contributed by atoms with Gasteiger partial charge in [0.1, 0.15) is 18.2 Å². The molecule has 33 heavy (non-hydrogen) atoms. The molecule has 0 bridgehead atoms. The van der Waals surface area contributed by atoms with E-state index in [1.54, 1.807) is 6.20 Å². The third kappa shape index (κ3) is 8.71. The van der Waals surface area contributed by atoms with Gasteiger partial charge >= 0.3 is 0 Å². The van der Waals surface area contributed by atoms with Gasteiger partial charge in [0.25, 0.3) is 0 Å². The second-order valence-corrected chi connectivity index (χ2v) is 7.62. The van der Waals surface area contributed by atoms with Crippen LogP contribution in [0.3, 0.4) is 0 Å². The fraction of sp³-hybridized carbons (Fsp3) is 0.458. The van der Waals surface area contributed by atoms with E-state index in [1.165, 1.54) is 0 Å². The third-order valence-corrected chi connectivity index (χ3v) is 5.33. The smallest absolute Gasteiger partial charge is 0.224 e. The molecule has 0 unspecified atom stereocenters. The van der Waals surface area contributed by atoms with Crippen LogP contribution in [0.25, 0.3) is 0 Å². The Balaban J connectivity index is 0.00000385. The molecule has 0 spiro atoms. The molecule has 0 radical (unpaired) electrons. The highest BCUT2D eigenvalue weighted by Crippen LogP contribution is 2.13. The second kappa shape index (κ2) is 14.6. The van der Waals surface area contributed by atoms with E-state index >= 15 is 0 Å². The molecule has 0 saturated carbocycles. The molecular weight excluding hydrogens is 531 g/mol. The molecule has 2 aromatic rings. The largest absolute Gasteiger partial charge is 0.492 e. The Bertz CT molecular complexity index is 845. The number of hydrogen-bond acceptors (Lipinski definition) is 5. The fourth-order valence-corrected chi connectivity index (χ4v) is 3.53. The molecule has 9 heteroatoms. The lowest BCUT2D eigenvalue weighted by Crippen LogP contribution is -2.49. The Morgan fingerprint density at radius 2 is 1.85 bits per heavy atom. The van der Waals surface area contributed by atoms with Crippen molar-refractivity contribution in [3.8, 4) is 5.75 Å². The predicted molar refractivity (Wildman–Crippen MR) is 144 cm³/mol. The van der Waals surface area contributed by atoms with Gasteiger partial charge < -0.3 is 24.8 Å². The van der Waals surface area contributed by atoms with Crippen LogP contribution in [0.2, 0.25) is 0 Å². The number of aromatic nitrogens is 1. The molecule has 1 aliphatic rings. The number of rotatable bonds is 9. The maximum Gasteiger partial charge on any atom is 0.224 e. The first-order valence-electron chi connectivity index (χ1n) is 11.3. The number of carbonyl (C=O) groups excluding carboxylic acids is 1. The Morgan fingerprint density at radius 1 is 1.12 bits per heavy atom. The number of halogens is 1. The number of guanidine groups is 1. The number of likely N-dealkylation sites (N-methyl/N-ethyl adjacent to an activating group) is 1. The maximum atomic E-state index is 12.6. The lowest BCUT2D eigenvalue weighted by molar-refractivity contribution is -0.131. The number of nitrogens with zero attached hydrogens (tertiary/aromatic N) is 5. The summed E-state index contributed by atoms with van der Waals surface area (Å²) >= 11 is 0. The number of pyridine rings is 1. The summed E-state index contributed by atoms with van der Waals surface area (Å²) in [4.78, 5) is 27.9. The summed E-state index contributed by atoms with van der Waals surface area (Å²) in [5, 5.41) is 3.29. The molecule has 180 valence electrons. The number of benzene rings is 1. The zero-order valence-corrected chi connectivity index (χ0v) is 21.9. The highest BCUT2D eigenvalue weighted by molar-refractivity contribution is 14.0. The van der Waals surface area contributed by atoms with Gasteiger partial charge in [0.15, 0.2) is 5.96 Å². The number of amides is 1. The van der Waals surface area contributed by atoms with Crippen LogP contribution in [0.5, 0.6) is 5.75 Å². The van der Waals surface area contributed by atoms with Gasteiger partial charge in [-0.3, -0.25) is 9.79 Å². The second-order valence-electron chi connectivity index (χ2n) is 7.62. The minimum Gasteiger partial charge on any atom is -0.492 e. The van der Waals surface area contributed by atoms with Crippen LogP contribution in [0.1, 0.15) is 13.3 Å². The number of hydrogen-bond donors (Lipinski definition) is 1. The van der Waals surface area contributed by atoms with Gasteiger partial charge in [0.2, 0.25) is 5.91 Å². The van der Waals surface area contributed by atoms with Gasteiger partial charge in [0, 0.05) is 52.4 Å². The summed E-state index contributed by atoms with van der Waals surface area (Å²) in [5.74, 6) is 2.77. The fourth-order valence-electron chi connectivity index (χ4n) is 3.53. The van der Waals surface area contributed by atoms with Crippen molar-refractivity contribution in [2.75, 3.05) is 64.4 Å². The number of aliphatic imine (C=N–C) groups is 1. The van der Waals surface area contributed by atoms with Crippen molar-refractivity contribution in [3.63, 3.8) is 0 Å². The van der Waals surface area contributed by atoms with Crippen LogP contribution in [0.15, 0.2) is 59.7 Å². The third-order valence-electron chi connectivity index (χ3n) is 5.33. The molecule has 1 aromatic heterocycles. The summed E-state index contributed by atoms with van der Waals surface area (Å²) in [5.41, 5.74) is 0. The summed E-state index contributed by atoms with van der Waals surface area (Å²) in [7, 11) is 1.98. The molecule has 1 aromatic carbocycles. The average Bonchev–Trinajstić information content (AvgIpc) is 2.84. The van der Waals surface area contributed by atoms with E-state index in [-0.39, 0.29) is 29.9 Å². The van der Waals surface area contributed by atoms with Crippen LogP contribution >= 0.6 is 24.0 Å². The van der Waals surface area contributed by atoms with E-state index < -0.39 is 0 Å². The first-order chi connectivity index (χ1) is 15.7. The van der Waals surface area contributed by atoms with Crippen LogP contribution in [-0.4, -0.2) is 86.1 Å². The molecule has 3 rings (SSSR count). The first-order valence-corrected chi connectivity index (χ1v) is 11.3. The van der Waals surface area contributed by atoms with E-state index in [9.17, 15) is 4.79 Å². The SMILES string of the molecule is CCNC(=NCCC(=O)N1CCN(c2ccccn2)CC1)N(C)CCOc1ccccc1.I. The maximum absolute atomic E-state index is 12.6. The van der Waals surface area contributed by atoms with Crippen molar-refractivity contribution in [1.29, 1.82) is 0 Å². The quantitative estimate of drug-likeness (QED) is 0.286. The summed E-state index contributed by atoms with van der Waals surface area (Å²) in [6, 6.07) is 15.7. The number of anilines is 1. The molecular formula is C24H35IN6O2. The van der Waals surface area contributed by atoms with Crippen molar-refractivity contribution in [2.45, 2.75) is 13.3 Å². The minimum absolute atomic E-state index is 0. The zero-order chi connectivity index (χ0) is 22.6. The summed E-state index contributed by atoms with van der Waals surface area (Å²) in [6.07, 6.45) is 2.21. The van der Waals surface area contributed by atoms with Gasteiger partial charge in [-0.25, -0.2) is 4.98 Å². The Labute approximate surface area is 214 Å². The van der Waals surface area contributed by atoms with E-state index in [4.69, 9.17) is 4.74 Å². The standard InChI is InChI=1S/C24H34N6O2.HI/c1-3-25-24(28(2)19-20-32-21-9-5-4-6-10-21)27-14-12-23(31)30-17-15-29(16-18-30)22-11-7-8-13-26-22;/h4-11,13H,3,12,14-20H2,1-2H3,(H,25,27);1H. The van der Waals surface area contributed by atoms with E-state index in [0.717, 1.165) is 50.3 Å². The predicted octanol–water partition coefficient (Wildman–Crippen LogP) is 2.71. The Morgan fingerprint density at radius 3 is 2.52 bits per heavy atom. The molecule has 0 atom stereocenters. The minimum atomic E-state index is 0. The lowest BCUT2D eigenvalue weighted by Gasteiger charge is -2.35. The van der Waals surface area contributed by atoms with Crippen LogP contribution < -0.4 is 15.0 Å². The number of ether oxygens (including phenoxy) is 1. The van der Waals surface area contributed by atoms with Gasteiger partial charge in [-0.1, -0.05) is 24.3 Å². The van der Waals surface area contributed by atoms with Gasteiger partial charge in [-0.05, 0) is 31.2 Å². The highest BCUT2D eigenvalue weighted by Gasteiger charge is 2.21.